The highest BCUT2D eigenvalue weighted by atomic mass is 16.4. The van der Waals surface area contributed by atoms with E-state index in [1.54, 1.807) is 18.9 Å². The van der Waals surface area contributed by atoms with Gasteiger partial charge in [-0.25, -0.2) is 0 Å². The molecule has 0 radical (unpaired) electrons. The number of carbonyl (C=O) groups is 1. The average molecular weight is 241 g/mol. The predicted octanol–water partition coefficient (Wildman–Crippen LogP) is 1.27. The van der Waals surface area contributed by atoms with Gasteiger partial charge in [-0.05, 0) is 14.0 Å². The van der Waals surface area contributed by atoms with Crippen LogP contribution < -0.4 is 0 Å². The van der Waals surface area contributed by atoms with Crippen molar-refractivity contribution >= 4 is 5.97 Å². The summed E-state index contributed by atoms with van der Waals surface area (Å²) < 4.78 is 5.49. The molecule has 0 aliphatic carbocycles. The molecule has 1 aromatic rings. The first-order valence-electron chi connectivity index (χ1n) is 5.47. The number of hydrogen-bond donors (Lipinski definition) is 1. The van der Waals surface area contributed by atoms with Crippen molar-refractivity contribution in [3.63, 3.8) is 0 Å². The topological polar surface area (TPSA) is 79.5 Å². The van der Waals surface area contributed by atoms with Crippen LogP contribution in [0.2, 0.25) is 0 Å². The van der Waals surface area contributed by atoms with Crippen LogP contribution in [0.5, 0.6) is 0 Å². The maximum Gasteiger partial charge on any atom is 0.320 e. The van der Waals surface area contributed by atoms with Crippen LogP contribution >= 0.6 is 0 Å². The smallest absolute Gasteiger partial charge is 0.320 e. The number of carboxylic acid groups (broad SMARTS) is 1. The molecule has 0 saturated carbocycles. The van der Waals surface area contributed by atoms with Crippen LogP contribution in [0.15, 0.2) is 4.42 Å². The Balaban J connectivity index is 2.70. The van der Waals surface area contributed by atoms with E-state index in [1.165, 1.54) is 0 Å². The normalized spacial score (nSPS) is 14.0. The first-order valence-corrected chi connectivity index (χ1v) is 5.47. The van der Waals surface area contributed by atoms with Crippen molar-refractivity contribution in [2.45, 2.75) is 45.7 Å². The molecule has 17 heavy (non-hydrogen) atoms. The van der Waals surface area contributed by atoms with Gasteiger partial charge in [0.05, 0.1) is 6.54 Å². The predicted molar refractivity (Wildman–Crippen MR) is 61.6 cm³/mol. The summed E-state index contributed by atoms with van der Waals surface area (Å²) >= 11 is 0. The highest BCUT2D eigenvalue weighted by molar-refractivity contribution is 5.72. The Labute approximate surface area is 101 Å². The molecule has 0 saturated heterocycles. The molecule has 0 spiro atoms. The fourth-order valence-electron chi connectivity index (χ4n) is 1.16. The Morgan fingerprint density at radius 1 is 1.47 bits per heavy atom. The summed E-state index contributed by atoms with van der Waals surface area (Å²) in [7, 11) is 1.71. The second kappa shape index (κ2) is 4.83. The van der Waals surface area contributed by atoms with Gasteiger partial charge >= 0.3 is 5.97 Å². The van der Waals surface area contributed by atoms with Gasteiger partial charge in [-0.2, -0.15) is 0 Å². The van der Waals surface area contributed by atoms with Crippen molar-refractivity contribution in [2.24, 2.45) is 0 Å². The van der Waals surface area contributed by atoms with Crippen molar-refractivity contribution < 1.29 is 14.3 Å². The number of aliphatic carboxylic acids is 1. The standard InChI is InChI=1S/C11H19N3O3/c1-7(9(15)16)14(5)6-8-12-13-10(17-8)11(2,3)4/h7H,6H2,1-5H3,(H,15,16). The van der Waals surface area contributed by atoms with E-state index in [2.05, 4.69) is 10.2 Å². The van der Waals surface area contributed by atoms with E-state index < -0.39 is 12.0 Å². The number of rotatable bonds is 4. The molecule has 1 aromatic heterocycles. The summed E-state index contributed by atoms with van der Waals surface area (Å²) in [6.45, 7) is 7.88. The largest absolute Gasteiger partial charge is 0.480 e. The number of carboxylic acids is 1. The SMILES string of the molecule is CC(C(=O)O)N(C)Cc1nnc(C(C)(C)C)o1. The number of hydrogen-bond acceptors (Lipinski definition) is 5. The molecule has 6 heteroatoms. The number of aromatic nitrogens is 2. The molecule has 1 atom stereocenters. The minimum absolute atomic E-state index is 0.192. The Morgan fingerprint density at radius 2 is 2.06 bits per heavy atom. The molecule has 1 N–H and O–H groups in total. The van der Waals surface area contributed by atoms with Crippen molar-refractivity contribution in [2.75, 3.05) is 7.05 Å². The van der Waals surface area contributed by atoms with E-state index in [0.717, 1.165) is 0 Å². The lowest BCUT2D eigenvalue weighted by molar-refractivity contribution is -0.142. The summed E-state index contributed by atoms with van der Waals surface area (Å²) in [6.07, 6.45) is 0. The van der Waals surface area contributed by atoms with Crippen LogP contribution in [0.3, 0.4) is 0 Å². The summed E-state index contributed by atoms with van der Waals surface area (Å²) in [5.74, 6) is 0.123. The molecule has 0 aliphatic rings. The average Bonchev–Trinajstić information content (AvgIpc) is 2.64. The summed E-state index contributed by atoms with van der Waals surface area (Å²) in [4.78, 5) is 12.4. The van der Waals surface area contributed by atoms with Crippen LogP contribution in [0.4, 0.5) is 0 Å². The van der Waals surface area contributed by atoms with Gasteiger partial charge in [-0.1, -0.05) is 20.8 Å². The second-order valence-electron chi connectivity index (χ2n) is 5.18. The monoisotopic (exact) mass is 241 g/mol. The lowest BCUT2D eigenvalue weighted by atomic mass is 9.97. The zero-order valence-electron chi connectivity index (χ0n) is 10.9. The fourth-order valence-corrected chi connectivity index (χ4v) is 1.16. The Hall–Kier alpha value is -1.43. The highest BCUT2D eigenvalue weighted by Crippen LogP contribution is 2.20. The zero-order valence-corrected chi connectivity index (χ0v) is 10.9. The first-order chi connectivity index (χ1) is 7.71. The maximum atomic E-state index is 10.8. The van der Waals surface area contributed by atoms with Gasteiger partial charge in [0.1, 0.15) is 6.04 Å². The first kappa shape index (κ1) is 13.6. The van der Waals surface area contributed by atoms with E-state index in [0.29, 0.717) is 18.3 Å². The minimum atomic E-state index is -0.872. The number of likely N-dealkylation sites (N-methyl/N-ethyl adjacent to an activating group) is 1. The summed E-state index contributed by atoms with van der Waals surface area (Å²) in [5, 5.41) is 16.7. The van der Waals surface area contributed by atoms with Crippen LogP contribution in [0.1, 0.15) is 39.5 Å². The van der Waals surface area contributed by atoms with Gasteiger partial charge in [0, 0.05) is 5.41 Å². The van der Waals surface area contributed by atoms with E-state index in [-0.39, 0.29) is 5.41 Å². The molecule has 0 amide bonds. The molecule has 6 nitrogen and oxygen atoms in total. The van der Waals surface area contributed by atoms with Gasteiger partial charge in [0.25, 0.3) is 0 Å². The molecule has 0 aromatic carbocycles. The third-order valence-corrected chi connectivity index (χ3v) is 2.51. The number of nitrogens with zero attached hydrogens (tertiary/aromatic N) is 3. The molecule has 1 heterocycles. The molecule has 0 bridgehead atoms. The van der Waals surface area contributed by atoms with Crippen molar-refractivity contribution in [3.8, 4) is 0 Å². The molecule has 1 unspecified atom stereocenters. The zero-order chi connectivity index (χ0) is 13.2. The lowest BCUT2D eigenvalue weighted by Crippen LogP contribution is -2.35. The van der Waals surface area contributed by atoms with E-state index in [1.807, 2.05) is 20.8 Å². The molecule has 0 fully saturated rings. The summed E-state index contributed by atoms with van der Waals surface area (Å²) in [6, 6.07) is -0.583. The quantitative estimate of drug-likeness (QED) is 0.855. The van der Waals surface area contributed by atoms with Crippen LogP contribution in [-0.4, -0.2) is 39.3 Å². The van der Waals surface area contributed by atoms with Crippen LogP contribution in [-0.2, 0) is 16.8 Å². The second-order valence-corrected chi connectivity index (χ2v) is 5.18. The maximum absolute atomic E-state index is 10.8. The van der Waals surface area contributed by atoms with E-state index >= 15 is 0 Å². The molecule has 0 aliphatic heterocycles. The van der Waals surface area contributed by atoms with E-state index in [4.69, 9.17) is 9.52 Å². The third kappa shape index (κ3) is 3.52. The Morgan fingerprint density at radius 3 is 2.47 bits per heavy atom. The van der Waals surface area contributed by atoms with E-state index in [9.17, 15) is 4.79 Å². The molecular weight excluding hydrogens is 222 g/mol. The van der Waals surface area contributed by atoms with Crippen molar-refractivity contribution in [3.05, 3.63) is 11.8 Å². The Kier molecular flexibility index (Phi) is 3.87. The highest BCUT2D eigenvalue weighted by Gasteiger charge is 2.23. The van der Waals surface area contributed by atoms with Gasteiger partial charge in [0.2, 0.25) is 11.8 Å². The molecule has 1 rings (SSSR count). The van der Waals surface area contributed by atoms with Gasteiger partial charge in [-0.3, -0.25) is 9.69 Å². The minimum Gasteiger partial charge on any atom is -0.480 e. The van der Waals surface area contributed by atoms with Crippen LogP contribution in [0.25, 0.3) is 0 Å². The van der Waals surface area contributed by atoms with Gasteiger partial charge in [-0.15, -0.1) is 10.2 Å². The Bertz CT molecular complexity index is 395. The third-order valence-electron chi connectivity index (χ3n) is 2.51. The molecule has 96 valence electrons. The van der Waals surface area contributed by atoms with Crippen LogP contribution in [0, 0.1) is 0 Å². The summed E-state index contributed by atoms with van der Waals surface area (Å²) in [5.41, 5.74) is -0.192. The van der Waals surface area contributed by atoms with Gasteiger partial charge < -0.3 is 9.52 Å². The molecular formula is C11H19N3O3. The van der Waals surface area contributed by atoms with Crippen molar-refractivity contribution in [1.29, 1.82) is 0 Å². The fraction of sp³-hybridized carbons (Fsp3) is 0.727. The van der Waals surface area contributed by atoms with Gasteiger partial charge in [0.15, 0.2) is 0 Å². The lowest BCUT2D eigenvalue weighted by Gasteiger charge is -2.18. The van der Waals surface area contributed by atoms with Crippen molar-refractivity contribution in [1.82, 2.24) is 15.1 Å².